The summed E-state index contributed by atoms with van der Waals surface area (Å²) in [5, 5.41) is 16.5. The van der Waals surface area contributed by atoms with Crippen LogP contribution in [0.5, 0.6) is 0 Å². The van der Waals surface area contributed by atoms with Gasteiger partial charge in [0.2, 0.25) is 5.91 Å². The van der Waals surface area contributed by atoms with Crippen LogP contribution in [0.3, 0.4) is 0 Å². The van der Waals surface area contributed by atoms with Crippen molar-refractivity contribution in [1.82, 2.24) is 10.3 Å². The van der Waals surface area contributed by atoms with Gasteiger partial charge in [-0.25, -0.2) is 4.98 Å². The van der Waals surface area contributed by atoms with Crippen molar-refractivity contribution in [1.29, 1.82) is 0 Å². The lowest BCUT2D eigenvalue weighted by molar-refractivity contribution is -0.385. The maximum atomic E-state index is 11.6. The van der Waals surface area contributed by atoms with Gasteiger partial charge < -0.3 is 10.6 Å². The Hall–Kier alpha value is -2.18. The van der Waals surface area contributed by atoms with Crippen molar-refractivity contribution < 1.29 is 9.72 Å². The van der Waals surface area contributed by atoms with Crippen LogP contribution in [0, 0.1) is 17.0 Å². The molecule has 0 saturated heterocycles. The molecule has 0 aliphatic heterocycles. The molecule has 110 valence electrons. The number of rotatable bonds is 7. The van der Waals surface area contributed by atoms with E-state index in [1.807, 2.05) is 13.8 Å². The second kappa shape index (κ2) is 7.42. The Balaban J connectivity index is 2.45. The molecule has 1 amide bonds. The zero-order valence-electron chi connectivity index (χ0n) is 12.0. The molecular formula is C13H20N4O3. The Bertz CT molecular complexity index is 491. The maximum Gasteiger partial charge on any atom is 0.290 e. The number of pyridine rings is 1. The van der Waals surface area contributed by atoms with Gasteiger partial charge in [0, 0.05) is 25.1 Å². The Morgan fingerprint density at radius 3 is 2.75 bits per heavy atom. The molecule has 1 aromatic rings. The largest absolute Gasteiger partial charge is 0.370 e. The predicted octanol–water partition coefficient (Wildman–Crippen LogP) is 2.01. The van der Waals surface area contributed by atoms with Crippen LogP contribution < -0.4 is 10.6 Å². The third kappa shape index (κ3) is 4.83. The van der Waals surface area contributed by atoms with E-state index in [0.717, 1.165) is 6.42 Å². The topological polar surface area (TPSA) is 97.2 Å². The monoisotopic (exact) mass is 280 g/mol. The molecule has 1 heterocycles. The van der Waals surface area contributed by atoms with Gasteiger partial charge in [0.05, 0.1) is 4.92 Å². The van der Waals surface area contributed by atoms with E-state index in [4.69, 9.17) is 0 Å². The highest BCUT2D eigenvalue weighted by Crippen LogP contribution is 2.17. The van der Waals surface area contributed by atoms with Crippen molar-refractivity contribution in [3.63, 3.8) is 0 Å². The Kier molecular flexibility index (Phi) is 5.89. The summed E-state index contributed by atoms with van der Waals surface area (Å²) in [6.07, 6.45) is 1.23. The molecule has 1 unspecified atom stereocenters. The number of hydrogen-bond acceptors (Lipinski definition) is 5. The van der Waals surface area contributed by atoms with Crippen molar-refractivity contribution in [3.05, 3.63) is 27.9 Å². The van der Waals surface area contributed by atoms with Crippen molar-refractivity contribution in [2.24, 2.45) is 0 Å². The number of hydrogen-bond donors (Lipinski definition) is 2. The fourth-order valence-electron chi connectivity index (χ4n) is 1.60. The van der Waals surface area contributed by atoms with Gasteiger partial charge >= 0.3 is 0 Å². The third-order valence-corrected chi connectivity index (χ3v) is 2.93. The Labute approximate surface area is 117 Å². The zero-order valence-corrected chi connectivity index (χ0v) is 12.0. The molecule has 1 aromatic heterocycles. The first-order valence-corrected chi connectivity index (χ1v) is 6.59. The molecule has 0 aliphatic rings. The number of aryl methyl sites for hydroxylation is 1. The SMILES string of the molecule is CCC(C)NC(=O)CCNc1ccc([N+](=O)[O-])c(C)n1. The van der Waals surface area contributed by atoms with Gasteiger partial charge in [0.1, 0.15) is 11.5 Å². The van der Waals surface area contributed by atoms with Gasteiger partial charge in [-0.05, 0) is 26.3 Å². The van der Waals surface area contributed by atoms with Gasteiger partial charge in [-0.2, -0.15) is 0 Å². The molecule has 1 rings (SSSR count). The normalized spacial score (nSPS) is 11.8. The molecule has 20 heavy (non-hydrogen) atoms. The van der Waals surface area contributed by atoms with Crippen LogP contribution in [0.1, 0.15) is 32.4 Å². The molecule has 7 heteroatoms. The second-order valence-electron chi connectivity index (χ2n) is 4.61. The number of nitro groups is 1. The summed E-state index contributed by atoms with van der Waals surface area (Å²) in [5.41, 5.74) is 0.342. The number of carbonyl (C=O) groups is 1. The van der Waals surface area contributed by atoms with Crippen molar-refractivity contribution >= 4 is 17.4 Å². The fraction of sp³-hybridized carbons (Fsp3) is 0.538. The van der Waals surface area contributed by atoms with Gasteiger partial charge in [0.25, 0.3) is 5.69 Å². The van der Waals surface area contributed by atoms with Crippen LogP contribution in [0.2, 0.25) is 0 Å². The van der Waals surface area contributed by atoms with Crippen LogP contribution in [0.25, 0.3) is 0 Å². The van der Waals surface area contributed by atoms with Gasteiger partial charge in [-0.15, -0.1) is 0 Å². The molecule has 0 spiro atoms. The first-order chi connectivity index (χ1) is 9.43. The van der Waals surface area contributed by atoms with Crippen molar-refractivity contribution in [3.8, 4) is 0 Å². The highest BCUT2D eigenvalue weighted by molar-refractivity contribution is 5.76. The minimum atomic E-state index is -0.467. The van der Waals surface area contributed by atoms with E-state index >= 15 is 0 Å². The summed E-state index contributed by atoms with van der Waals surface area (Å²) in [6, 6.07) is 3.11. The molecule has 0 aliphatic carbocycles. The molecule has 1 atom stereocenters. The summed E-state index contributed by atoms with van der Waals surface area (Å²) in [5.74, 6) is 0.509. The number of nitrogens with zero attached hydrogens (tertiary/aromatic N) is 2. The third-order valence-electron chi connectivity index (χ3n) is 2.93. The van der Waals surface area contributed by atoms with Gasteiger partial charge in [-0.1, -0.05) is 6.92 Å². The number of amides is 1. The molecule has 2 N–H and O–H groups in total. The highest BCUT2D eigenvalue weighted by Gasteiger charge is 2.11. The van der Waals surface area contributed by atoms with Crippen LogP contribution in [-0.2, 0) is 4.79 Å². The standard InChI is InChI=1S/C13H20N4O3/c1-4-9(2)15-13(18)7-8-14-12-6-5-11(17(19)20)10(3)16-12/h5-6,9H,4,7-8H2,1-3H3,(H,14,16)(H,15,18). The lowest BCUT2D eigenvalue weighted by Gasteiger charge is -2.11. The summed E-state index contributed by atoms with van der Waals surface area (Å²) < 4.78 is 0. The van der Waals surface area contributed by atoms with Gasteiger partial charge in [0.15, 0.2) is 0 Å². The van der Waals surface area contributed by atoms with E-state index in [9.17, 15) is 14.9 Å². The average Bonchev–Trinajstić information content (AvgIpc) is 2.38. The second-order valence-corrected chi connectivity index (χ2v) is 4.61. The first kappa shape index (κ1) is 15.9. The van der Waals surface area contributed by atoms with Crippen LogP contribution in [0.4, 0.5) is 11.5 Å². The van der Waals surface area contributed by atoms with E-state index in [2.05, 4.69) is 15.6 Å². The smallest absolute Gasteiger partial charge is 0.290 e. The minimum absolute atomic E-state index is 0.00920. The molecule has 0 bridgehead atoms. The number of nitrogens with one attached hydrogen (secondary N) is 2. The summed E-state index contributed by atoms with van der Waals surface area (Å²) in [4.78, 5) is 25.8. The van der Waals surface area contributed by atoms with E-state index in [-0.39, 0.29) is 17.6 Å². The lowest BCUT2D eigenvalue weighted by Crippen LogP contribution is -2.33. The van der Waals surface area contributed by atoms with E-state index in [1.54, 1.807) is 6.92 Å². The van der Waals surface area contributed by atoms with E-state index in [0.29, 0.717) is 24.5 Å². The van der Waals surface area contributed by atoms with Crippen LogP contribution in [-0.4, -0.2) is 28.4 Å². The van der Waals surface area contributed by atoms with Gasteiger partial charge in [-0.3, -0.25) is 14.9 Å². The van der Waals surface area contributed by atoms with Crippen LogP contribution >= 0.6 is 0 Å². The predicted molar refractivity (Wildman–Crippen MR) is 76.6 cm³/mol. The summed E-state index contributed by atoms with van der Waals surface area (Å²) in [7, 11) is 0. The zero-order chi connectivity index (χ0) is 15.1. The lowest BCUT2D eigenvalue weighted by atomic mass is 10.2. The molecule has 0 aromatic carbocycles. The maximum absolute atomic E-state index is 11.6. The van der Waals surface area contributed by atoms with E-state index < -0.39 is 4.92 Å². The first-order valence-electron chi connectivity index (χ1n) is 6.59. The Morgan fingerprint density at radius 2 is 2.20 bits per heavy atom. The Morgan fingerprint density at radius 1 is 1.50 bits per heavy atom. The van der Waals surface area contributed by atoms with Crippen LogP contribution in [0.15, 0.2) is 12.1 Å². The summed E-state index contributed by atoms with van der Waals surface area (Å²) in [6.45, 7) is 5.98. The highest BCUT2D eigenvalue weighted by atomic mass is 16.6. The summed E-state index contributed by atoms with van der Waals surface area (Å²) >= 11 is 0. The fourth-order valence-corrected chi connectivity index (χ4v) is 1.60. The molecule has 7 nitrogen and oxygen atoms in total. The number of aromatic nitrogens is 1. The van der Waals surface area contributed by atoms with Crippen molar-refractivity contribution in [2.75, 3.05) is 11.9 Å². The molecular weight excluding hydrogens is 260 g/mol. The minimum Gasteiger partial charge on any atom is -0.370 e. The quantitative estimate of drug-likeness (QED) is 0.588. The molecule has 0 saturated carbocycles. The molecule has 0 radical (unpaired) electrons. The average molecular weight is 280 g/mol. The van der Waals surface area contributed by atoms with Crippen molar-refractivity contribution in [2.45, 2.75) is 39.7 Å². The molecule has 0 fully saturated rings. The number of anilines is 1. The number of carbonyl (C=O) groups excluding carboxylic acids is 1. The van der Waals surface area contributed by atoms with E-state index in [1.165, 1.54) is 12.1 Å².